The van der Waals surface area contributed by atoms with Gasteiger partial charge in [-0.2, -0.15) is 5.26 Å². The average Bonchev–Trinajstić information content (AvgIpc) is 3.50. The van der Waals surface area contributed by atoms with Crippen molar-refractivity contribution >= 4 is 17.2 Å². The van der Waals surface area contributed by atoms with Crippen LogP contribution in [0.3, 0.4) is 0 Å². The molecule has 0 N–H and O–H groups in total. The molecule has 3 unspecified atom stereocenters. The molecule has 0 bridgehead atoms. The maximum Gasteiger partial charge on any atom is 0.225 e. The Labute approximate surface area is 269 Å². The summed E-state index contributed by atoms with van der Waals surface area (Å²) in [7, 11) is 0. The normalized spacial score (nSPS) is 22.6. The summed E-state index contributed by atoms with van der Waals surface area (Å²) in [5, 5.41) is 17.8. The van der Waals surface area contributed by atoms with Gasteiger partial charge < -0.3 is 14.5 Å². The number of anilines is 1. The number of benzene rings is 1. The summed E-state index contributed by atoms with van der Waals surface area (Å²) < 4.78 is 7.85. The summed E-state index contributed by atoms with van der Waals surface area (Å²) in [5.41, 5.74) is 5.63. The molecule has 46 heavy (non-hydrogen) atoms. The second kappa shape index (κ2) is 13.4. The smallest absolute Gasteiger partial charge is 0.225 e. The Balaban J connectivity index is 0.979. The number of nitriles is 1. The Hall–Kier alpha value is -4.57. The molecule has 1 aromatic carbocycles. The van der Waals surface area contributed by atoms with Crippen LogP contribution in [0.25, 0.3) is 22.6 Å². The number of ether oxygens (including phenoxy) is 1. The van der Waals surface area contributed by atoms with E-state index >= 15 is 0 Å². The molecule has 1 aliphatic carbocycles. The molecule has 12 nitrogen and oxygen atoms in total. The van der Waals surface area contributed by atoms with E-state index in [1.807, 2.05) is 24.5 Å². The molecule has 3 atom stereocenters. The van der Waals surface area contributed by atoms with Crippen LogP contribution in [-0.2, 0) is 11.3 Å². The quantitative estimate of drug-likeness (QED) is 0.289. The number of rotatable bonds is 8. The number of piperazine rings is 1. The minimum atomic E-state index is -0.149. The lowest BCUT2D eigenvalue weighted by atomic mass is 9.83. The zero-order valence-corrected chi connectivity index (χ0v) is 26.4. The van der Waals surface area contributed by atoms with E-state index in [4.69, 9.17) is 19.7 Å². The minimum Gasteiger partial charge on any atom is -0.373 e. The summed E-state index contributed by atoms with van der Waals surface area (Å²) in [4.78, 5) is 26.1. The zero-order valence-electron chi connectivity index (χ0n) is 26.4. The van der Waals surface area contributed by atoms with Gasteiger partial charge in [0.05, 0.1) is 42.8 Å². The lowest BCUT2D eigenvalue weighted by Crippen LogP contribution is -2.46. The summed E-state index contributed by atoms with van der Waals surface area (Å²) in [6.45, 7) is 13.6. The number of fused-ring (bicyclic) bond motifs is 1. The second-order valence-corrected chi connectivity index (χ2v) is 12.3. The van der Waals surface area contributed by atoms with E-state index in [1.165, 1.54) is 5.57 Å². The highest BCUT2D eigenvalue weighted by atomic mass is 16.5. The summed E-state index contributed by atoms with van der Waals surface area (Å²) in [6.07, 6.45) is 12.5. The molecule has 2 fully saturated rings. The topological polar surface area (TPSA) is 125 Å². The predicted octanol–water partition coefficient (Wildman–Crippen LogP) is 3.31. The van der Waals surface area contributed by atoms with Crippen LogP contribution in [0, 0.1) is 17.2 Å². The first-order valence-corrected chi connectivity index (χ1v) is 16.1. The van der Waals surface area contributed by atoms with Crippen LogP contribution in [0.5, 0.6) is 0 Å². The molecule has 0 radical (unpaired) electrons. The van der Waals surface area contributed by atoms with E-state index in [1.54, 1.807) is 23.0 Å². The molecule has 4 aromatic rings. The number of hydrogen-bond donors (Lipinski definition) is 0. The van der Waals surface area contributed by atoms with Crippen molar-refractivity contribution in [3.05, 3.63) is 77.8 Å². The predicted molar refractivity (Wildman–Crippen MR) is 175 cm³/mol. The molecule has 5 heterocycles. The number of aromatic nitrogens is 7. The number of allylic oxidation sites excluding steroid dienone is 2. The SMILES string of the molecule is CCN1CCN(CC2=CC(C)C(c3cnc(N4CCOC(Cn5nnc6ncc(-c7cccc(C#N)c7)nc65)C4)nc3)C=C2)CC1. The molecular formula is C34H39N11O. The standard InChI is InChI=1S/C34H39N11O/c1-3-42-9-11-43(12-10-42)21-26-7-8-30(24(2)15-26)28-18-37-34(38-19-28)44-13-14-46-29(22-44)23-45-33-32(40-41-45)36-20-31(39-33)27-6-4-5-25(16-27)17-35/h4-8,15-16,18-20,24,29-30H,3,9-14,21-23H2,1-2H3. The summed E-state index contributed by atoms with van der Waals surface area (Å²) in [5.74, 6) is 1.35. The number of nitrogens with zero attached hydrogens (tertiary/aromatic N) is 11. The van der Waals surface area contributed by atoms with Gasteiger partial charge in [-0.15, -0.1) is 5.10 Å². The molecule has 2 aliphatic heterocycles. The number of likely N-dealkylation sites (N-methyl/N-ethyl adjacent to an activating group) is 1. The van der Waals surface area contributed by atoms with Crippen LogP contribution < -0.4 is 4.90 Å². The van der Waals surface area contributed by atoms with E-state index in [-0.39, 0.29) is 12.0 Å². The molecule has 0 amide bonds. The third-order valence-electron chi connectivity index (χ3n) is 9.24. The molecule has 0 saturated carbocycles. The fourth-order valence-electron chi connectivity index (χ4n) is 6.58. The van der Waals surface area contributed by atoms with Gasteiger partial charge in [0.2, 0.25) is 11.6 Å². The van der Waals surface area contributed by atoms with Crippen LogP contribution in [0.15, 0.2) is 66.7 Å². The highest BCUT2D eigenvalue weighted by Gasteiger charge is 2.26. The molecule has 12 heteroatoms. The molecule has 236 valence electrons. The van der Waals surface area contributed by atoms with Gasteiger partial charge in [0, 0.05) is 69.7 Å². The summed E-state index contributed by atoms with van der Waals surface area (Å²) in [6, 6.07) is 9.49. The van der Waals surface area contributed by atoms with Gasteiger partial charge >= 0.3 is 0 Å². The van der Waals surface area contributed by atoms with Crippen molar-refractivity contribution in [1.82, 2.24) is 44.7 Å². The van der Waals surface area contributed by atoms with Crippen molar-refractivity contribution in [3.63, 3.8) is 0 Å². The van der Waals surface area contributed by atoms with Crippen LogP contribution in [0.1, 0.15) is 30.9 Å². The molecule has 2 saturated heterocycles. The Morgan fingerprint density at radius 3 is 2.63 bits per heavy atom. The van der Waals surface area contributed by atoms with Crippen LogP contribution in [0.4, 0.5) is 5.95 Å². The van der Waals surface area contributed by atoms with E-state index in [9.17, 15) is 5.26 Å². The Morgan fingerprint density at radius 1 is 1.02 bits per heavy atom. The Kier molecular flexibility index (Phi) is 8.78. The molecule has 0 spiro atoms. The third-order valence-corrected chi connectivity index (χ3v) is 9.24. The Morgan fingerprint density at radius 2 is 1.85 bits per heavy atom. The largest absolute Gasteiger partial charge is 0.373 e. The van der Waals surface area contributed by atoms with Gasteiger partial charge in [-0.25, -0.2) is 24.6 Å². The van der Waals surface area contributed by atoms with Gasteiger partial charge in [-0.05, 0) is 35.7 Å². The van der Waals surface area contributed by atoms with Crippen molar-refractivity contribution in [2.24, 2.45) is 5.92 Å². The average molecular weight is 618 g/mol. The lowest BCUT2D eigenvalue weighted by molar-refractivity contribution is 0.0272. The fraction of sp³-hybridized carbons (Fsp3) is 0.441. The first-order valence-electron chi connectivity index (χ1n) is 16.1. The van der Waals surface area contributed by atoms with Crippen LogP contribution in [0.2, 0.25) is 0 Å². The molecular weight excluding hydrogens is 578 g/mol. The maximum absolute atomic E-state index is 9.28. The van der Waals surface area contributed by atoms with E-state index in [0.29, 0.717) is 60.7 Å². The van der Waals surface area contributed by atoms with Gasteiger partial charge in [0.15, 0.2) is 5.65 Å². The molecule has 3 aliphatic rings. The first kappa shape index (κ1) is 30.1. The van der Waals surface area contributed by atoms with Gasteiger partial charge in [-0.3, -0.25) is 4.90 Å². The first-order chi connectivity index (χ1) is 22.6. The molecule has 3 aromatic heterocycles. The monoisotopic (exact) mass is 617 g/mol. The highest BCUT2D eigenvalue weighted by Crippen LogP contribution is 2.32. The van der Waals surface area contributed by atoms with Crippen molar-refractivity contribution < 1.29 is 4.74 Å². The maximum atomic E-state index is 9.28. The van der Waals surface area contributed by atoms with E-state index in [2.05, 4.69) is 68.1 Å². The van der Waals surface area contributed by atoms with Crippen LogP contribution >= 0.6 is 0 Å². The van der Waals surface area contributed by atoms with Gasteiger partial charge in [-0.1, -0.05) is 49.4 Å². The van der Waals surface area contributed by atoms with Crippen molar-refractivity contribution in [2.45, 2.75) is 32.4 Å². The molecule has 7 rings (SSSR count). The number of hydrogen-bond acceptors (Lipinski definition) is 11. The van der Waals surface area contributed by atoms with Crippen molar-refractivity contribution in [2.75, 3.05) is 63.9 Å². The van der Waals surface area contributed by atoms with E-state index in [0.717, 1.165) is 50.4 Å². The third kappa shape index (κ3) is 6.53. The summed E-state index contributed by atoms with van der Waals surface area (Å²) >= 11 is 0. The number of morpholine rings is 1. The van der Waals surface area contributed by atoms with Gasteiger partial charge in [0.25, 0.3) is 0 Å². The van der Waals surface area contributed by atoms with Gasteiger partial charge in [0.1, 0.15) is 0 Å². The van der Waals surface area contributed by atoms with Crippen molar-refractivity contribution in [1.29, 1.82) is 5.26 Å². The lowest BCUT2D eigenvalue weighted by Gasteiger charge is -2.35. The Bertz CT molecular complexity index is 1770. The zero-order chi connectivity index (χ0) is 31.5. The fourth-order valence-corrected chi connectivity index (χ4v) is 6.58. The van der Waals surface area contributed by atoms with Crippen molar-refractivity contribution in [3.8, 4) is 17.3 Å². The minimum absolute atomic E-state index is 0.149. The van der Waals surface area contributed by atoms with Crippen LogP contribution in [-0.4, -0.2) is 110 Å². The highest BCUT2D eigenvalue weighted by molar-refractivity contribution is 5.70. The van der Waals surface area contributed by atoms with E-state index < -0.39 is 0 Å². The second-order valence-electron chi connectivity index (χ2n) is 12.3.